The van der Waals surface area contributed by atoms with Gasteiger partial charge in [0.25, 0.3) is 5.91 Å². The fourth-order valence-corrected chi connectivity index (χ4v) is 2.89. The van der Waals surface area contributed by atoms with Gasteiger partial charge in [-0.2, -0.15) is 0 Å². The molecule has 0 aromatic heterocycles. The van der Waals surface area contributed by atoms with E-state index in [0.29, 0.717) is 15.6 Å². The number of benzene rings is 3. The summed E-state index contributed by atoms with van der Waals surface area (Å²) in [5, 5.41) is 3.78. The first-order valence-corrected chi connectivity index (χ1v) is 8.71. The van der Waals surface area contributed by atoms with Crippen LogP contribution in [0.1, 0.15) is 28.9 Å². The Bertz CT molecular complexity index is 876. The molecule has 0 bridgehead atoms. The summed E-state index contributed by atoms with van der Waals surface area (Å²) in [4.78, 5) is 12.4. The van der Waals surface area contributed by atoms with Gasteiger partial charge >= 0.3 is 0 Å². The van der Waals surface area contributed by atoms with Crippen LogP contribution < -0.4 is 5.32 Å². The van der Waals surface area contributed by atoms with Gasteiger partial charge in [0.2, 0.25) is 0 Å². The summed E-state index contributed by atoms with van der Waals surface area (Å²) in [5.41, 5.74) is 3.84. The maximum atomic E-state index is 12.4. The zero-order chi connectivity index (χ0) is 17.8. The van der Waals surface area contributed by atoms with E-state index in [2.05, 4.69) is 29.6 Å². The largest absolute Gasteiger partial charge is 0.346 e. The standard InChI is InChI=1S/C21H17Cl2NO/c1-14(24-21(25)18-11-12-19(22)20(23)13-18)15-7-9-17(10-8-15)16-5-3-2-4-6-16/h2-14H,1H3,(H,24,25)/t14-/m1/s1. The van der Waals surface area contributed by atoms with Crippen molar-refractivity contribution in [1.29, 1.82) is 0 Å². The van der Waals surface area contributed by atoms with E-state index in [1.165, 1.54) is 5.56 Å². The molecule has 126 valence electrons. The molecule has 0 aliphatic rings. The molecule has 0 fully saturated rings. The second-order valence-electron chi connectivity index (χ2n) is 5.81. The highest BCUT2D eigenvalue weighted by Gasteiger charge is 2.13. The number of hydrogen-bond acceptors (Lipinski definition) is 1. The molecule has 0 spiro atoms. The van der Waals surface area contributed by atoms with E-state index < -0.39 is 0 Å². The molecule has 3 aromatic carbocycles. The van der Waals surface area contributed by atoms with Crippen LogP contribution in [-0.4, -0.2) is 5.91 Å². The van der Waals surface area contributed by atoms with Crippen molar-refractivity contribution in [2.45, 2.75) is 13.0 Å². The number of amides is 1. The van der Waals surface area contributed by atoms with Crippen molar-refractivity contribution in [3.8, 4) is 11.1 Å². The third-order valence-corrected chi connectivity index (χ3v) is 4.79. The Kier molecular flexibility index (Phi) is 5.42. The van der Waals surface area contributed by atoms with Crippen molar-refractivity contribution in [2.24, 2.45) is 0 Å². The third kappa shape index (κ3) is 4.22. The zero-order valence-corrected chi connectivity index (χ0v) is 15.2. The Hall–Kier alpha value is -2.29. The number of carbonyl (C=O) groups is 1. The summed E-state index contributed by atoms with van der Waals surface area (Å²) in [6, 6.07) is 23.1. The molecule has 0 heterocycles. The van der Waals surface area contributed by atoms with Crippen LogP contribution in [-0.2, 0) is 0 Å². The van der Waals surface area contributed by atoms with Crippen LogP contribution in [0, 0.1) is 0 Å². The molecule has 0 aliphatic carbocycles. The summed E-state index contributed by atoms with van der Waals surface area (Å²) in [6.07, 6.45) is 0. The molecule has 0 radical (unpaired) electrons. The topological polar surface area (TPSA) is 29.1 Å². The van der Waals surface area contributed by atoms with E-state index in [9.17, 15) is 4.79 Å². The van der Waals surface area contributed by atoms with Gasteiger partial charge in [-0.15, -0.1) is 0 Å². The quantitative estimate of drug-likeness (QED) is 0.586. The minimum Gasteiger partial charge on any atom is -0.346 e. The van der Waals surface area contributed by atoms with Crippen LogP contribution in [0.15, 0.2) is 72.8 Å². The molecule has 0 unspecified atom stereocenters. The monoisotopic (exact) mass is 369 g/mol. The molecular weight excluding hydrogens is 353 g/mol. The normalized spacial score (nSPS) is 11.8. The lowest BCUT2D eigenvalue weighted by atomic mass is 10.0. The van der Waals surface area contributed by atoms with Crippen molar-refractivity contribution < 1.29 is 4.79 Å². The molecule has 2 nitrogen and oxygen atoms in total. The smallest absolute Gasteiger partial charge is 0.251 e. The Morgan fingerprint density at radius 1 is 0.840 bits per heavy atom. The van der Waals surface area contributed by atoms with Gasteiger partial charge in [-0.3, -0.25) is 4.79 Å². The first kappa shape index (κ1) is 17.5. The van der Waals surface area contributed by atoms with Crippen LogP contribution in [0.2, 0.25) is 10.0 Å². The van der Waals surface area contributed by atoms with Gasteiger partial charge in [0.15, 0.2) is 0 Å². The predicted molar refractivity (Wildman–Crippen MR) is 104 cm³/mol. The fourth-order valence-electron chi connectivity index (χ4n) is 2.60. The summed E-state index contributed by atoms with van der Waals surface area (Å²) in [5.74, 6) is -0.182. The molecular formula is C21H17Cl2NO. The van der Waals surface area contributed by atoms with E-state index in [1.807, 2.05) is 37.3 Å². The van der Waals surface area contributed by atoms with Gasteiger partial charge in [-0.05, 0) is 41.8 Å². The van der Waals surface area contributed by atoms with Crippen LogP contribution in [0.25, 0.3) is 11.1 Å². The molecule has 0 saturated carbocycles. The second-order valence-corrected chi connectivity index (χ2v) is 6.63. The van der Waals surface area contributed by atoms with Crippen molar-refractivity contribution in [3.63, 3.8) is 0 Å². The Labute approximate surface area is 157 Å². The molecule has 1 atom stereocenters. The lowest BCUT2D eigenvalue weighted by Crippen LogP contribution is -2.26. The minimum absolute atomic E-state index is 0.119. The van der Waals surface area contributed by atoms with Crippen LogP contribution >= 0.6 is 23.2 Å². The molecule has 3 rings (SSSR count). The van der Waals surface area contributed by atoms with Crippen molar-refractivity contribution in [1.82, 2.24) is 5.32 Å². The Morgan fingerprint density at radius 3 is 2.12 bits per heavy atom. The van der Waals surface area contributed by atoms with E-state index in [4.69, 9.17) is 23.2 Å². The van der Waals surface area contributed by atoms with Crippen molar-refractivity contribution in [3.05, 3.63) is 94.0 Å². The van der Waals surface area contributed by atoms with E-state index >= 15 is 0 Å². The number of rotatable bonds is 4. The van der Waals surface area contributed by atoms with Crippen LogP contribution in [0.3, 0.4) is 0 Å². The molecule has 0 saturated heterocycles. The van der Waals surface area contributed by atoms with Gasteiger partial charge < -0.3 is 5.32 Å². The first-order chi connectivity index (χ1) is 12.0. The lowest BCUT2D eigenvalue weighted by molar-refractivity contribution is 0.0940. The first-order valence-electron chi connectivity index (χ1n) is 7.96. The van der Waals surface area contributed by atoms with Gasteiger partial charge in [0.1, 0.15) is 0 Å². The van der Waals surface area contributed by atoms with E-state index in [1.54, 1.807) is 18.2 Å². The Morgan fingerprint density at radius 2 is 1.48 bits per heavy atom. The summed E-state index contributed by atoms with van der Waals surface area (Å²) in [6.45, 7) is 1.95. The average Bonchev–Trinajstić information content (AvgIpc) is 2.64. The molecule has 1 amide bonds. The molecule has 0 aliphatic heterocycles. The minimum atomic E-state index is -0.182. The summed E-state index contributed by atoms with van der Waals surface area (Å²) >= 11 is 11.9. The average molecular weight is 370 g/mol. The highest BCUT2D eigenvalue weighted by molar-refractivity contribution is 6.42. The summed E-state index contributed by atoms with van der Waals surface area (Å²) in [7, 11) is 0. The van der Waals surface area contributed by atoms with E-state index in [0.717, 1.165) is 11.1 Å². The van der Waals surface area contributed by atoms with Crippen LogP contribution in [0.5, 0.6) is 0 Å². The maximum absolute atomic E-state index is 12.4. The molecule has 1 N–H and O–H groups in total. The number of hydrogen-bond donors (Lipinski definition) is 1. The van der Waals surface area contributed by atoms with Crippen LogP contribution in [0.4, 0.5) is 0 Å². The number of halogens is 2. The lowest BCUT2D eigenvalue weighted by Gasteiger charge is -2.15. The van der Waals surface area contributed by atoms with Crippen molar-refractivity contribution in [2.75, 3.05) is 0 Å². The summed E-state index contributed by atoms with van der Waals surface area (Å²) < 4.78 is 0. The third-order valence-electron chi connectivity index (χ3n) is 4.05. The maximum Gasteiger partial charge on any atom is 0.251 e. The van der Waals surface area contributed by atoms with Crippen molar-refractivity contribution >= 4 is 29.1 Å². The molecule has 3 aromatic rings. The van der Waals surface area contributed by atoms with Gasteiger partial charge in [-0.25, -0.2) is 0 Å². The highest BCUT2D eigenvalue weighted by Crippen LogP contribution is 2.24. The van der Waals surface area contributed by atoms with Gasteiger partial charge in [-0.1, -0.05) is 77.8 Å². The number of carbonyl (C=O) groups excluding carboxylic acids is 1. The highest BCUT2D eigenvalue weighted by atomic mass is 35.5. The Balaban J connectivity index is 1.71. The fraction of sp³-hybridized carbons (Fsp3) is 0.0952. The SMILES string of the molecule is C[C@@H](NC(=O)c1ccc(Cl)c(Cl)c1)c1ccc(-c2ccccc2)cc1. The number of nitrogens with one attached hydrogen (secondary N) is 1. The predicted octanol–water partition coefficient (Wildman–Crippen LogP) is 6.15. The molecule has 4 heteroatoms. The van der Waals surface area contributed by atoms with Gasteiger partial charge in [0, 0.05) is 5.56 Å². The zero-order valence-electron chi connectivity index (χ0n) is 13.7. The molecule has 25 heavy (non-hydrogen) atoms. The second kappa shape index (κ2) is 7.73. The van der Waals surface area contributed by atoms with Gasteiger partial charge in [0.05, 0.1) is 16.1 Å². The van der Waals surface area contributed by atoms with E-state index in [-0.39, 0.29) is 11.9 Å².